The molecule has 0 heterocycles. The Morgan fingerprint density at radius 1 is 0.828 bits per heavy atom. The van der Waals surface area contributed by atoms with Gasteiger partial charge in [0.15, 0.2) is 0 Å². The monoisotopic (exact) mass is 394 g/mol. The Bertz CT molecular complexity index is 782. The van der Waals surface area contributed by atoms with E-state index in [2.05, 4.69) is 78.9 Å². The molecular formula is C26H38N2O. The summed E-state index contributed by atoms with van der Waals surface area (Å²) >= 11 is 0. The maximum Gasteiger partial charge on any atom is 0.254 e. The van der Waals surface area contributed by atoms with Gasteiger partial charge in [0.05, 0.1) is 0 Å². The van der Waals surface area contributed by atoms with Crippen LogP contribution in [0.4, 0.5) is 5.69 Å². The van der Waals surface area contributed by atoms with Crippen molar-refractivity contribution in [2.45, 2.75) is 79.4 Å². The quantitative estimate of drug-likeness (QED) is 0.575. The van der Waals surface area contributed by atoms with Crippen molar-refractivity contribution in [2.75, 3.05) is 5.32 Å². The molecule has 0 spiro atoms. The van der Waals surface area contributed by atoms with E-state index in [1.807, 2.05) is 41.3 Å². The van der Waals surface area contributed by atoms with Crippen molar-refractivity contribution >= 4 is 11.6 Å². The fourth-order valence-electron chi connectivity index (χ4n) is 4.28. The van der Waals surface area contributed by atoms with Crippen LogP contribution in [-0.4, -0.2) is 28.9 Å². The van der Waals surface area contributed by atoms with Crippen molar-refractivity contribution in [1.82, 2.24) is 4.90 Å². The number of nitrogens with one attached hydrogen (secondary N) is 1. The van der Waals surface area contributed by atoms with Crippen LogP contribution in [0.3, 0.4) is 0 Å². The molecule has 2 aromatic rings. The van der Waals surface area contributed by atoms with Gasteiger partial charge in [0.1, 0.15) is 0 Å². The van der Waals surface area contributed by atoms with Crippen LogP contribution in [0.25, 0.3) is 0 Å². The smallest absolute Gasteiger partial charge is 0.254 e. The fraction of sp³-hybridized carbons (Fsp3) is 0.500. The molecule has 3 heteroatoms. The summed E-state index contributed by atoms with van der Waals surface area (Å²) in [4.78, 5) is 15.5. The number of hydrogen-bond donors (Lipinski definition) is 1. The Labute approximate surface area is 177 Å². The highest BCUT2D eigenvalue weighted by atomic mass is 16.2. The molecule has 0 aliphatic carbocycles. The number of amides is 1. The summed E-state index contributed by atoms with van der Waals surface area (Å²) in [5.74, 6) is 0.279. The molecule has 0 fully saturated rings. The summed E-state index contributed by atoms with van der Waals surface area (Å²) < 4.78 is 0. The Balaban J connectivity index is 2.45. The Morgan fingerprint density at radius 3 is 1.86 bits per heavy atom. The Kier molecular flexibility index (Phi) is 7.51. The van der Waals surface area contributed by atoms with E-state index >= 15 is 0 Å². The largest absolute Gasteiger partial charge is 0.381 e. The predicted molar refractivity (Wildman–Crippen MR) is 125 cm³/mol. The topological polar surface area (TPSA) is 32.3 Å². The van der Waals surface area contributed by atoms with Gasteiger partial charge in [0, 0.05) is 35.3 Å². The minimum atomic E-state index is 0.0151. The molecule has 0 aromatic heterocycles. The number of para-hydroxylation sites is 1. The molecule has 1 amide bonds. The van der Waals surface area contributed by atoms with E-state index in [0.29, 0.717) is 0 Å². The van der Waals surface area contributed by atoms with E-state index in [4.69, 9.17) is 0 Å². The molecule has 0 aliphatic heterocycles. The summed E-state index contributed by atoms with van der Waals surface area (Å²) in [6.07, 6.45) is 0. The Hall–Kier alpha value is -2.29. The third kappa shape index (κ3) is 5.62. The van der Waals surface area contributed by atoms with E-state index in [1.165, 1.54) is 0 Å². The van der Waals surface area contributed by atoms with Gasteiger partial charge in [-0.2, -0.15) is 0 Å². The lowest BCUT2D eigenvalue weighted by molar-refractivity contribution is 0.0641. The molecule has 29 heavy (non-hydrogen) atoms. The zero-order chi connectivity index (χ0) is 21.8. The first-order valence-electron chi connectivity index (χ1n) is 10.8. The molecule has 0 aliphatic rings. The average molecular weight is 395 g/mol. The van der Waals surface area contributed by atoms with E-state index in [9.17, 15) is 4.79 Å². The van der Waals surface area contributed by atoms with Crippen LogP contribution in [0.1, 0.15) is 77.2 Å². The number of nitrogens with zero attached hydrogens (tertiary/aromatic N) is 1. The van der Waals surface area contributed by atoms with Crippen LogP contribution in [0.2, 0.25) is 0 Å². The van der Waals surface area contributed by atoms with Gasteiger partial charge in [-0.25, -0.2) is 0 Å². The number of anilines is 1. The first-order valence-corrected chi connectivity index (χ1v) is 10.8. The molecule has 2 atom stereocenters. The number of rotatable bonds is 7. The molecule has 2 aromatic carbocycles. The first-order chi connectivity index (χ1) is 13.5. The predicted octanol–water partition coefficient (Wildman–Crippen LogP) is 6.58. The van der Waals surface area contributed by atoms with E-state index in [1.54, 1.807) is 0 Å². The first kappa shape index (κ1) is 23.0. The van der Waals surface area contributed by atoms with Crippen molar-refractivity contribution in [3.63, 3.8) is 0 Å². The molecule has 0 bridgehead atoms. The highest BCUT2D eigenvalue weighted by molar-refractivity contribution is 5.96. The number of benzene rings is 2. The van der Waals surface area contributed by atoms with Crippen LogP contribution >= 0.6 is 0 Å². The number of hydrogen-bond acceptors (Lipinski definition) is 2. The van der Waals surface area contributed by atoms with Gasteiger partial charge < -0.3 is 10.2 Å². The van der Waals surface area contributed by atoms with Crippen molar-refractivity contribution in [1.29, 1.82) is 0 Å². The minimum Gasteiger partial charge on any atom is -0.381 e. The second kappa shape index (κ2) is 9.47. The third-order valence-corrected chi connectivity index (χ3v) is 5.56. The van der Waals surface area contributed by atoms with Crippen molar-refractivity contribution in [2.24, 2.45) is 5.41 Å². The highest BCUT2D eigenvalue weighted by Gasteiger charge is 2.33. The average Bonchev–Trinajstić information content (AvgIpc) is 2.65. The molecule has 3 nitrogen and oxygen atoms in total. The van der Waals surface area contributed by atoms with Gasteiger partial charge in [0.25, 0.3) is 5.91 Å². The van der Waals surface area contributed by atoms with E-state index in [0.717, 1.165) is 16.8 Å². The van der Waals surface area contributed by atoms with Crippen LogP contribution in [-0.2, 0) is 0 Å². The summed E-state index contributed by atoms with van der Waals surface area (Å²) in [6, 6.07) is 18.9. The summed E-state index contributed by atoms with van der Waals surface area (Å²) in [5.41, 5.74) is 3.04. The van der Waals surface area contributed by atoms with Gasteiger partial charge in [-0.15, -0.1) is 0 Å². The zero-order valence-corrected chi connectivity index (χ0v) is 19.4. The third-order valence-electron chi connectivity index (χ3n) is 5.56. The van der Waals surface area contributed by atoms with Crippen molar-refractivity contribution < 1.29 is 4.79 Å². The maximum atomic E-state index is 13.5. The lowest BCUT2D eigenvalue weighted by atomic mass is 9.75. The second-order valence-corrected chi connectivity index (χ2v) is 9.63. The zero-order valence-electron chi connectivity index (χ0n) is 19.4. The van der Waals surface area contributed by atoms with Crippen molar-refractivity contribution in [3.05, 3.63) is 65.7 Å². The molecule has 158 valence electrons. The summed E-state index contributed by atoms with van der Waals surface area (Å²) in [5, 5.41) is 3.73. The molecule has 1 N–H and O–H groups in total. The molecular weight excluding hydrogens is 356 g/mol. The van der Waals surface area contributed by atoms with Gasteiger partial charge >= 0.3 is 0 Å². The molecule has 0 saturated heterocycles. The van der Waals surface area contributed by atoms with Crippen molar-refractivity contribution in [3.8, 4) is 0 Å². The van der Waals surface area contributed by atoms with Gasteiger partial charge in [-0.1, -0.05) is 64.1 Å². The fourth-order valence-corrected chi connectivity index (χ4v) is 4.28. The van der Waals surface area contributed by atoms with Gasteiger partial charge in [-0.3, -0.25) is 4.79 Å². The molecule has 2 rings (SSSR count). The molecule has 0 radical (unpaired) electrons. The van der Waals surface area contributed by atoms with Crippen LogP contribution in [0.15, 0.2) is 54.6 Å². The Morgan fingerprint density at radius 2 is 1.34 bits per heavy atom. The lowest BCUT2D eigenvalue weighted by Gasteiger charge is -2.38. The normalized spacial score (nSPS) is 14.0. The van der Waals surface area contributed by atoms with Crippen LogP contribution in [0, 0.1) is 5.41 Å². The molecule has 0 saturated carbocycles. The number of carbonyl (C=O) groups excluding carboxylic acids is 1. The highest BCUT2D eigenvalue weighted by Crippen LogP contribution is 2.36. The standard InChI is InChI=1S/C26H38N2O/c1-18(2)28(19(3)4)25(29)23-17-13-12-16-22(23)20(5)24(26(6,7)8)27-21-14-10-9-11-15-21/h9-20,24,27H,1-8H3/t20-,24+/m1/s1. The molecule has 0 unspecified atom stereocenters. The van der Waals surface area contributed by atoms with E-state index < -0.39 is 0 Å². The minimum absolute atomic E-state index is 0.0151. The maximum absolute atomic E-state index is 13.5. The van der Waals surface area contributed by atoms with E-state index in [-0.39, 0.29) is 35.4 Å². The summed E-state index contributed by atoms with van der Waals surface area (Å²) in [7, 11) is 0. The van der Waals surface area contributed by atoms with Crippen LogP contribution in [0.5, 0.6) is 0 Å². The second-order valence-electron chi connectivity index (χ2n) is 9.63. The lowest BCUT2D eigenvalue weighted by Crippen LogP contribution is -2.43. The summed E-state index contributed by atoms with van der Waals surface area (Å²) in [6.45, 7) is 17.3. The van der Waals surface area contributed by atoms with Crippen LogP contribution < -0.4 is 5.32 Å². The SMILES string of the molecule is CC(C)N(C(=O)c1ccccc1[C@@H](C)[C@H](Nc1ccccc1)C(C)(C)C)C(C)C. The van der Waals surface area contributed by atoms with Gasteiger partial charge in [0.2, 0.25) is 0 Å². The number of carbonyl (C=O) groups is 1. The van der Waals surface area contributed by atoms with Gasteiger partial charge in [-0.05, 0) is 56.9 Å².